The summed E-state index contributed by atoms with van der Waals surface area (Å²) in [6.07, 6.45) is 7.33. The van der Waals surface area contributed by atoms with Gasteiger partial charge in [0.25, 0.3) is 0 Å². The SMILES string of the molecule is CCCCC(CC)(CC)CC[CH]S(N)(=O)=O. The third-order valence-electron chi connectivity index (χ3n) is 3.59. The van der Waals surface area contributed by atoms with Crippen molar-refractivity contribution in [3.63, 3.8) is 0 Å². The third kappa shape index (κ3) is 6.48. The summed E-state index contributed by atoms with van der Waals surface area (Å²) in [5.74, 6) is 1.25. The van der Waals surface area contributed by atoms with Crippen LogP contribution in [-0.2, 0) is 10.0 Å². The van der Waals surface area contributed by atoms with Gasteiger partial charge in [0.05, 0.1) is 5.75 Å². The van der Waals surface area contributed by atoms with Gasteiger partial charge >= 0.3 is 0 Å². The van der Waals surface area contributed by atoms with Crippen LogP contribution in [0.4, 0.5) is 0 Å². The summed E-state index contributed by atoms with van der Waals surface area (Å²) in [7, 11) is -3.41. The lowest BCUT2D eigenvalue weighted by molar-refractivity contribution is 0.212. The molecular formula is C12H26NO2S. The van der Waals surface area contributed by atoms with Crippen LogP contribution in [0.15, 0.2) is 0 Å². The maximum absolute atomic E-state index is 10.8. The van der Waals surface area contributed by atoms with Crippen molar-refractivity contribution in [2.75, 3.05) is 0 Å². The normalized spacial score (nSPS) is 13.0. The van der Waals surface area contributed by atoms with E-state index in [1.54, 1.807) is 0 Å². The molecule has 0 rings (SSSR count). The summed E-state index contributed by atoms with van der Waals surface area (Å²) in [6.45, 7) is 6.57. The van der Waals surface area contributed by atoms with Crippen molar-refractivity contribution in [1.82, 2.24) is 0 Å². The topological polar surface area (TPSA) is 60.2 Å². The fraction of sp³-hybridized carbons (Fsp3) is 0.917. The molecule has 0 spiro atoms. The number of hydrogen-bond acceptors (Lipinski definition) is 2. The van der Waals surface area contributed by atoms with Crippen LogP contribution in [0, 0.1) is 11.2 Å². The Kier molecular flexibility index (Phi) is 7.24. The second-order valence-corrected chi connectivity index (χ2v) is 6.12. The first-order chi connectivity index (χ1) is 7.39. The van der Waals surface area contributed by atoms with E-state index in [1.165, 1.54) is 25.0 Å². The Bertz CT molecular complexity index is 269. The van der Waals surface area contributed by atoms with Gasteiger partial charge in [-0.3, -0.25) is 0 Å². The standard InChI is InChI=1S/C12H26NO2S/c1-4-7-9-12(5-2,6-3)10-8-11-16(13,14)15/h11H,4-10H2,1-3H3,(H2,13,14,15). The third-order valence-corrected chi connectivity index (χ3v) is 4.29. The molecule has 4 heteroatoms. The van der Waals surface area contributed by atoms with E-state index in [0.29, 0.717) is 11.8 Å². The summed E-state index contributed by atoms with van der Waals surface area (Å²) in [4.78, 5) is 0. The quantitative estimate of drug-likeness (QED) is 0.681. The molecule has 0 fully saturated rings. The number of sulfonamides is 1. The number of rotatable bonds is 9. The monoisotopic (exact) mass is 248 g/mol. The fourth-order valence-electron chi connectivity index (χ4n) is 2.16. The number of hydrogen-bond donors (Lipinski definition) is 1. The number of nitrogens with two attached hydrogens (primary N) is 1. The van der Waals surface area contributed by atoms with Crippen molar-refractivity contribution >= 4 is 10.0 Å². The Morgan fingerprint density at radius 2 is 1.69 bits per heavy atom. The second-order valence-electron chi connectivity index (χ2n) is 4.61. The van der Waals surface area contributed by atoms with E-state index in [9.17, 15) is 8.42 Å². The molecule has 0 atom stereocenters. The molecule has 0 aromatic rings. The molecule has 0 aromatic heterocycles. The van der Waals surface area contributed by atoms with E-state index >= 15 is 0 Å². The van der Waals surface area contributed by atoms with E-state index < -0.39 is 10.0 Å². The van der Waals surface area contributed by atoms with Gasteiger partial charge in [0, 0.05) is 0 Å². The molecule has 97 valence electrons. The molecule has 0 aliphatic heterocycles. The first-order valence-corrected chi connectivity index (χ1v) is 7.86. The molecule has 0 unspecified atom stereocenters. The van der Waals surface area contributed by atoms with Crippen LogP contribution in [0.25, 0.3) is 0 Å². The van der Waals surface area contributed by atoms with Crippen LogP contribution in [-0.4, -0.2) is 8.42 Å². The Hall–Kier alpha value is -0.0900. The smallest absolute Gasteiger partial charge is 0.213 e. The van der Waals surface area contributed by atoms with Crippen molar-refractivity contribution in [2.24, 2.45) is 10.6 Å². The largest absolute Gasteiger partial charge is 0.228 e. The lowest BCUT2D eigenvalue weighted by Crippen LogP contribution is -2.20. The minimum absolute atomic E-state index is 0.303. The highest BCUT2D eigenvalue weighted by molar-refractivity contribution is 7.91. The van der Waals surface area contributed by atoms with Gasteiger partial charge in [-0.25, -0.2) is 13.6 Å². The van der Waals surface area contributed by atoms with Crippen LogP contribution >= 0.6 is 0 Å². The van der Waals surface area contributed by atoms with E-state index in [1.807, 2.05) is 0 Å². The molecule has 0 amide bonds. The molecular weight excluding hydrogens is 222 g/mol. The van der Waals surface area contributed by atoms with Gasteiger partial charge in [0.15, 0.2) is 0 Å². The Morgan fingerprint density at radius 3 is 2.06 bits per heavy atom. The first kappa shape index (κ1) is 15.9. The summed E-state index contributed by atoms with van der Waals surface area (Å²) >= 11 is 0. The summed E-state index contributed by atoms with van der Waals surface area (Å²) < 4.78 is 21.7. The van der Waals surface area contributed by atoms with Crippen LogP contribution in [0.5, 0.6) is 0 Å². The lowest BCUT2D eigenvalue weighted by atomic mass is 9.74. The average Bonchev–Trinajstić information content (AvgIpc) is 2.22. The zero-order chi connectivity index (χ0) is 12.7. The van der Waals surface area contributed by atoms with E-state index in [-0.39, 0.29) is 0 Å². The minimum atomic E-state index is -3.41. The molecule has 1 radical (unpaired) electrons. The van der Waals surface area contributed by atoms with Crippen LogP contribution in [0.1, 0.15) is 65.7 Å². The molecule has 0 saturated heterocycles. The number of primary sulfonamides is 1. The molecule has 0 bridgehead atoms. The van der Waals surface area contributed by atoms with E-state index in [2.05, 4.69) is 20.8 Å². The average molecular weight is 248 g/mol. The van der Waals surface area contributed by atoms with Gasteiger partial charge in [0.2, 0.25) is 10.0 Å². The van der Waals surface area contributed by atoms with E-state index in [4.69, 9.17) is 5.14 Å². The first-order valence-electron chi connectivity index (χ1n) is 6.25. The van der Waals surface area contributed by atoms with Crippen molar-refractivity contribution in [3.05, 3.63) is 5.75 Å². The molecule has 16 heavy (non-hydrogen) atoms. The second kappa shape index (κ2) is 7.28. The van der Waals surface area contributed by atoms with Gasteiger partial charge in [-0.15, -0.1) is 0 Å². The van der Waals surface area contributed by atoms with Gasteiger partial charge in [-0.2, -0.15) is 0 Å². The van der Waals surface area contributed by atoms with Gasteiger partial charge in [0.1, 0.15) is 0 Å². The van der Waals surface area contributed by atoms with Gasteiger partial charge in [-0.1, -0.05) is 46.5 Å². The highest BCUT2D eigenvalue weighted by Gasteiger charge is 2.25. The zero-order valence-corrected chi connectivity index (χ0v) is 11.6. The predicted octanol–water partition coefficient (Wildman–Crippen LogP) is 3.21. The summed E-state index contributed by atoms with van der Waals surface area (Å²) in [6, 6.07) is 0. The van der Waals surface area contributed by atoms with Gasteiger partial charge < -0.3 is 0 Å². The number of unbranched alkanes of at least 4 members (excludes halogenated alkanes) is 1. The molecule has 0 aromatic carbocycles. The Balaban J connectivity index is 4.21. The highest BCUT2D eigenvalue weighted by atomic mass is 32.2. The molecule has 3 nitrogen and oxygen atoms in total. The maximum atomic E-state index is 10.8. The van der Waals surface area contributed by atoms with Gasteiger partial charge in [-0.05, 0) is 24.7 Å². The summed E-state index contributed by atoms with van der Waals surface area (Å²) in [5.41, 5.74) is 0.303. The zero-order valence-electron chi connectivity index (χ0n) is 10.8. The fourth-order valence-corrected chi connectivity index (χ4v) is 2.61. The van der Waals surface area contributed by atoms with Crippen molar-refractivity contribution in [2.45, 2.75) is 65.7 Å². The van der Waals surface area contributed by atoms with Crippen LogP contribution in [0.2, 0.25) is 0 Å². The lowest BCUT2D eigenvalue weighted by Gasteiger charge is -2.31. The maximum Gasteiger partial charge on any atom is 0.213 e. The molecule has 0 saturated carbocycles. The Morgan fingerprint density at radius 1 is 1.12 bits per heavy atom. The molecule has 0 heterocycles. The van der Waals surface area contributed by atoms with Crippen molar-refractivity contribution in [3.8, 4) is 0 Å². The molecule has 0 aliphatic rings. The van der Waals surface area contributed by atoms with Crippen molar-refractivity contribution < 1.29 is 8.42 Å². The molecule has 0 aliphatic carbocycles. The van der Waals surface area contributed by atoms with E-state index in [0.717, 1.165) is 19.3 Å². The van der Waals surface area contributed by atoms with Crippen molar-refractivity contribution in [1.29, 1.82) is 0 Å². The molecule has 2 N–H and O–H groups in total. The van der Waals surface area contributed by atoms with Crippen LogP contribution < -0.4 is 5.14 Å². The van der Waals surface area contributed by atoms with Crippen LogP contribution in [0.3, 0.4) is 0 Å². The Labute approximate surface area is 101 Å². The minimum Gasteiger partial charge on any atom is -0.228 e. The summed E-state index contributed by atoms with van der Waals surface area (Å²) in [5, 5.41) is 4.96. The predicted molar refractivity (Wildman–Crippen MR) is 69.2 cm³/mol. The highest BCUT2D eigenvalue weighted by Crippen LogP contribution is 2.37.